The summed E-state index contributed by atoms with van der Waals surface area (Å²) < 4.78 is 0. The number of piperidine rings is 1. The molecule has 3 heteroatoms. The van der Waals surface area contributed by atoms with Crippen LogP contribution in [0.3, 0.4) is 0 Å². The number of benzene rings is 3. The second-order valence-corrected chi connectivity index (χ2v) is 8.14. The Morgan fingerprint density at radius 1 is 0.893 bits per heavy atom. The molecule has 1 aliphatic carbocycles. The first-order chi connectivity index (χ1) is 13.8. The number of hydrogen-bond donors (Lipinski definition) is 1. The number of hydrogen-bond acceptors (Lipinski definition) is 2. The van der Waals surface area contributed by atoms with Crippen LogP contribution in [-0.2, 0) is 24.2 Å². The van der Waals surface area contributed by atoms with Crippen molar-refractivity contribution >= 4 is 22.4 Å². The van der Waals surface area contributed by atoms with Crippen molar-refractivity contribution in [2.75, 3.05) is 18.4 Å². The lowest BCUT2D eigenvalue weighted by molar-refractivity contribution is -0.121. The topological polar surface area (TPSA) is 32.3 Å². The molecule has 1 fully saturated rings. The fourth-order valence-corrected chi connectivity index (χ4v) is 4.79. The molecule has 1 N–H and O–H groups in total. The second-order valence-electron chi connectivity index (χ2n) is 8.14. The van der Waals surface area contributed by atoms with Gasteiger partial charge >= 0.3 is 0 Å². The zero-order valence-electron chi connectivity index (χ0n) is 16.2. The van der Waals surface area contributed by atoms with Crippen molar-refractivity contribution < 1.29 is 4.79 Å². The monoisotopic (exact) mass is 370 g/mol. The molecule has 142 valence electrons. The van der Waals surface area contributed by atoms with Crippen molar-refractivity contribution in [3.63, 3.8) is 0 Å². The highest BCUT2D eigenvalue weighted by atomic mass is 16.1. The third-order valence-electron chi connectivity index (χ3n) is 6.34. The Labute approximate surface area is 166 Å². The molecule has 3 aromatic rings. The zero-order valence-corrected chi connectivity index (χ0v) is 16.2. The van der Waals surface area contributed by atoms with Gasteiger partial charge in [0.05, 0.1) is 0 Å². The minimum atomic E-state index is 0.107. The molecule has 2 aliphatic rings. The fourth-order valence-electron chi connectivity index (χ4n) is 4.79. The molecular weight excluding hydrogens is 344 g/mol. The molecule has 5 rings (SSSR count). The van der Waals surface area contributed by atoms with Crippen LogP contribution >= 0.6 is 0 Å². The van der Waals surface area contributed by atoms with E-state index in [2.05, 4.69) is 70.9 Å². The number of aryl methyl sites for hydroxylation is 2. The number of likely N-dealkylation sites (tertiary alicyclic amines) is 1. The van der Waals surface area contributed by atoms with Crippen LogP contribution in [0.5, 0.6) is 0 Å². The Morgan fingerprint density at radius 2 is 1.64 bits per heavy atom. The normalized spacial score (nSPS) is 17.1. The lowest BCUT2D eigenvalue weighted by Crippen LogP contribution is -2.37. The first-order valence-electron chi connectivity index (χ1n) is 10.4. The van der Waals surface area contributed by atoms with Crippen LogP contribution < -0.4 is 5.32 Å². The van der Waals surface area contributed by atoms with Gasteiger partial charge in [0, 0.05) is 23.5 Å². The van der Waals surface area contributed by atoms with Crippen molar-refractivity contribution in [3.8, 4) is 0 Å². The maximum absolute atomic E-state index is 12.9. The molecule has 28 heavy (non-hydrogen) atoms. The van der Waals surface area contributed by atoms with Gasteiger partial charge in [-0.15, -0.1) is 0 Å². The van der Waals surface area contributed by atoms with Crippen LogP contribution in [-0.4, -0.2) is 23.9 Å². The summed E-state index contributed by atoms with van der Waals surface area (Å²) in [5.41, 5.74) is 5.15. The van der Waals surface area contributed by atoms with E-state index in [4.69, 9.17) is 0 Å². The van der Waals surface area contributed by atoms with Gasteiger partial charge in [0.1, 0.15) is 0 Å². The number of carbonyl (C=O) groups is 1. The highest BCUT2D eigenvalue weighted by molar-refractivity contribution is 6.05. The van der Waals surface area contributed by atoms with Gasteiger partial charge in [0.2, 0.25) is 5.91 Å². The first-order valence-corrected chi connectivity index (χ1v) is 10.4. The number of carbonyl (C=O) groups excluding carboxylic acids is 1. The molecule has 1 aliphatic heterocycles. The van der Waals surface area contributed by atoms with Gasteiger partial charge in [-0.3, -0.25) is 9.69 Å². The summed E-state index contributed by atoms with van der Waals surface area (Å²) in [6.07, 6.45) is 4.09. The van der Waals surface area contributed by atoms with Crippen molar-refractivity contribution in [1.29, 1.82) is 0 Å². The fraction of sp³-hybridized carbons (Fsp3) is 0.320. The van der Waals surface area contributed by atoms with Gasteiger partial charge in [-0.05, 0) is 66.9 Å². The van der Waals surface area contributed by atoms with Crippen LogP contribution in [0.2, 0.25) is 0 Å². The molecule has 0 saturated carbocycles. The summed E-state index contributed by atoms with van der Waals surface area (Å²) in [4.78, 5) is 15.4. The maximum Gasteiger partial charge on any atom is 0.227 e. The number of nitrogens with zero attached hydrogens (tertiary/aromatic N) is 1. The van der Waals surface area contributed by atoms with Crippen LogP contribution in [0.4, 0.5) is 5.69 Å². The van der Waals surface area contributed by atoms with Gasteiger partial charge in [-0.2, -0.15) is 0 Å². The first kappa shape index (κ1) is 17.4. The Morgan fingerprint density at radius 3 is 2.43 bits per heavy atom. The molecule has 0 bridgehead atoms. The molecule has 1 amide bonds. The molecule has 1 saturated heterocycles. The van der Waals surface area contributed by atoms with E-state index in [1.165, 1.54) is 27.5 Å². The van der Waals surface area contributed by atoms with Gasteiger partial charge in [0.25, 0.3) is 0 Å². The molecule has 3 nitrogen and oxygen atoms in total. The van der Waals surface area contributed by atoms with E-state index in [0.717, 1.165) is 51.0 Å². The zero-order chi connectivity index (χ0) is 18.9. The van der Waals surface area contributed by atoms with E-state index in [9.17, 15) is 4.79 Å². The Hall–Kier alpha value is -2.65. The van der Waals surface area contributed by atoms with Gasteiger partial charge in [-0.1, -0.05) is 54.6 Å². The number of anilines is 1. The average molecular weight is 370 g/mol. The Bertz CT molecular complexity index is 993. The maximum atomic E-state index is 12.9. The largest absolute Gasteiger partial charge is 0.325 e. The minimum absolute atomic E-state index is 0.107. The number of rotatable bonds is 4. The summed E-state index contributed by atoms with van der Waals surface area (Å²) in [6.45, 7) is 2.94. The SMILES string of the molecule is O=C(Nc1ccc2c3c(cccc13)CC2)C1CCN(Cc2ccccc2)CC1. The van der Waals surface area contributed by atoms with Crippen LogP contribution in [0.25, 0.3) is 10.8 Å². The summed E-state index contributed by atoms with van der Waals surface area (Å²) in [7, 11) is 0. The Kier molecular flexibility index (Phi) is 4.61. The lowest BCUT2D eigenvalue weighted by atomic mass is 9.95. The number of nitrogens with one attached hydrogen (secondary N) is 1. The van der Waals surface area contributed by atoms with Gasteiger partial charge in [0.15, 0.2) is 0 Å². The molecule has 3 aromatic carbocycles. The summed E-state index contributed by atoms with van der Waals surface area (Å²) in [5.74, 6) is 0.285. The van der Waals surface area contributed by atoms with E-state index < -0.39 is 0 Å². The van der Waals surface area contributed by atoms with Crippen molar-refractivity contribution in [1.82, 2.24) is 4.90 Å². The molecule has 0 spiro atoms. The van der Waals surface area contributed by atoms with Crippen LogP contribution in [0, 0.1) is 5.92 Å². The molecule has 0 unspecified atom stereocenters. The predicted molar refractivity (Wildman–Crippen MR) is 114 cm³/mol. The highest BCUT2D eigenvalue weighted by Gasteiger charge is 2.26. The van der Waals surface area contributed by atoms with Crippen LogP contribution in [0.1, 0.15) is 29.5 Å². The Balaban J connectivity index is 1.25. The minimum Gasteiger partial charge on any atom is -0.325 e. The third kappa shape index (κ3) is 3.31. The van der Waals surface area contributed by atoms with Gasteiger partial charge in [-0.25, -0.2) is 0 Å². The summed E-state index contributed by atoms with van der Waals surface area (Å²) >= 11 is 0. The van der Waals surface area contributed by atoms with E-state index in [-0.39, 0.29) is 11.8 Å². The quantitative estimate of drug-likeness (QED) is 0.716. The number of amides is 1. The van der Waals surface area contributed by atoms with Gasteiger partial charge < -0.3 is 5.32 Å². The van der Waals surface area contributed by atoms with Crippen LogP contribution in [0.15, 0.2) is 60.7 Å². The standard InChI is InChI=1S/C25H26N2O/c28-25(21-13-15-27(16-14-21)17-18-5-2-1-3-6-18)26-23-12-11-20-10-9-19-7-4-8-22(23)24(19)20/h1-8,11-12,21H,9-10,13-17H2,(H,26,28). The smallest absolute Gasteiger partial charge is 0.227 e. The van der Waals surface area contributed by atoms with E-state index in [1.54, 1.807) is 0 Å². The molecule has 0 aromatic heterocycles. The van der Waals surface area contributed by atoms with E-state index >= 15 is 0 Å². The third-order valence-corrected chi connectivity index (χ3v) is 6.34. The average Bonchev–Trinajstić information content (AvgIpc) is 3.16. The van der Waals surface area contributed by atoms with E-state index in [0.29, 0.717) is 0 Å². The van der Waals surface area contributed by atoms with E-state index in [1.807, 2.05) is 0 Å². The van der Waals surface area contributed by atoms with Crippen molar-refractivity contribution in [3.05, 3.63) is 77.4 Å². The summed E-state index contributed by atoms with van der Waals surface area (Å²) in [6, 6.07) is 21.3. The second kappa shape index (κ2) is 7.40. The lowest BCUT2D eigenvalue weighted by Gasteiger charge is -2.31. The molecule has 1 heterocycles. The van der Waals surface area contributed by atoms with Crippen molar-refractivity contribution in [2.45, 2.75) is 32.2 Å². The molecule has 0 atom stereocenters. The molecular formula is C25H26N2O. The highest BCUT2D eigenvalue weighted by Crippen LogP contribution is 2.35. The summed E-state index contributed by atoms with van der Waals surface area (Å²) in [5, 5.41) is 5.80. The molecule has 0 radical (unpaired) electrons. The van der Waals surface area contributed by atoms with Crippen molar-refractivity contribution in [2.24, 2.45) is 5.92 Å². The predicted octanol–water partition coefficient (Wildman–Crippen LogP) is 4.79.